The molecule has 0 aliphatic carbocycles. The van der Waals surface area contributed by atoms with Crippen LogP contribution in [0.2, 0.25) is 0 Å². The summed E-state index contributed by atoms with van der Waals surface area (Å²) in [6.07, 6.45) is 0. The maximum Gasteiger partial charge on any atom is 0.0438 e. The van der Waals surface area contributed by atoms with E-state index >= 15 is 0 Å². The third kappa shape index (κ3) is 101. The zero-order valence-corrected chi connectivity index (χ0v) is 114. The fraction of sp³-hybridized carbons (Fsp3) is 0.0526. The van der Waals surface area contributed by atoms with E-state index in [2.05, 4.69) is 78.6 Å². The molecule has 30 radical (unpaired) electrons. The van der Waals surface area contributed by atoms with Gasteiger partial charge >= 0.3 is 0 Å². The molecule has 188 valence electrons. The van der Waals surface area contributed by atoms with Crippen LogP contribution in [0.4, 0.5) is 17.1 Å². The Labute approximate surface area is 1060 Å². The zero-order valence-electron chi connectivity index (χ0n) is 28.8. The second kappa shape index (κ2) is 138. The number of benzene rings is 3. The van der Waals surface area contributed by atoms with Gasteiger partial charge in [0, 0.05) is 993 Å². The Morgan fingerprint density at radius 2 is 0.500 bits per heavy atom. The number of aryl methyl sites for hydroxylation is 1. The molecule has 0 saturated heterocycles. The second-order valence-electron chi connectivity index (χ2n) is 4.76. The summed E-state index contributed by atoms with van der Waals surface area (Å²) in [4.78, 5) is 2.24. The number of hydrogen-bond donors (Lipinski definition) is 0. The number of anilines is 3. The Hall–Kier alpha value is 30.6. The Balaban J connectivity index is -0.00000000621. The number of hydrogen-bond acceptors (Lipinski definition) is 1. The molecule has 0 spiro atoms. The van der Waals surface area contributed by atoms with Crippen molar-refractivity contribution >= 4 is 17.1 Å². The van der Waals surface area contributed by atoms with E-state index in [1.807, 2.05) is 18.2 Å². The van der Waals surface area contributed by atoms with Gasteiger partial charge in [0.2, 0.25) is 0 Å². The third-order valence-corrected chi connectivity index (χ3v) is 3.27. The maximum absolute atomic E-state index is 3.07. The molecule has 0 fully saturated rings. The molecule has 0 bridgehead atoms. The van der Waals surface area contributed by atoms with Gasteiger partial charge in [0.25, 0.3) is 0 Å². The summed E-state index contributed by atoms with van der Waals surface area (Å²) in [7, 11) is 0. The number of para-hydroxylation sites is 1. The van der Waals surface area contributed by atoms with Gasteiger partial charge in [-0.15, -0.1) is 12.1 Å². The summed E-state index contributed by atoms with van der Waals surface area (Å²) in [6.45, 7) is 2.11. The van der Waals surface area contributed by atoms with Crippen LogP contribution in [0.25, 0.3) is 0 Å². The summed E-state index contributed by atoms with van der Waals surface area (Å²) >= 11 is 0. The van der Waals surface area contributed by atoms with Gasteiger partial charge in [-0.1, -0.05) is 41.6 Å². The summed E-state index contributed by atoms with van der Waals surface area (Å²) in [5.41, 5.74) is 4.72. The van der Waals surface area contributed by atoms with E-state index in [9.17, 15) is 0 Å². The molecule has 0 aliphatic rings. The second-order valence-corrected chi connectivity index (χ2v) is 4.76. The van der Waals surface area contributed by atoms with Gasteiger partial charge in [-0.25, -0.2) is 0 Å². The first-order valence-electron chi connectivity index (χ1n) is 6.72. The van der Waals surface area contributed by atoms with E-state index in [4.69, 9.17) is 0 Å². The molecule has 0 N–H and O–H groups in total. The van der Waals surface area contributed by atoms with Gasteiger partial charge in [-0.2, -0.15) is 18.2 Å². The normalized spacial score (nSPS) is 4.10. The zero-order chi connectivity index (χ0) is 13.8. The van der Waals surface area contributed by atoms with E-state index in [-0.39, 0.29) is 981 Å². The monoisotopic (exact) mass is 2930 g/mol. The van der Waals surface area contributed by atoms with Crippen LogP contribution in [0.15, 0.2) is 78.9 Å². The summed E-state index contributed by atoms with van der Waals surface area (Å²) < 4.78 is 0. The van der Waals surface area contributed by atoms with Crippen LogP contribution in [0.5, 0.6) is 0 Å². The van der Waals surface area contributed by atoms with Gasteiger partial charge in [0.05, 0.1) is 0 Å². The third-order valence-electron chi connectivity index (χ3n) is 3.27. The smallest absolute Gasteiger partial charge is 0.0438 e. The first-order chi connectivity index (χ1) is 9.84. The van der Waals surface area contributed by atoms with Crippen molar-refractivity contribution in [3.63, 3.8) is 0 Å². The SMILES string of the molecule is Cc1ccc(N(c2cc[c-]cc2)c2ccccc2)cc1.[Y].[Y].[Y].[Y].[Y].[Y].[Y].[Y].[Y].[Y].[Y].[Y].[Y].[Y].[Y].[Y].[Y].[Y].[Y].[Y].[Y].[Y].[Y].[Y].[Y].[Y].[Y].[Y].[Y].[Y]. The Kier molecular flexibility index (Phi) is 511. The van der Waals surface area contributed by atoms with Crippen molar-refractivity contribution in [1.29, 1.82) is 0 Å². The molecule has 0 saturated carbocycles. The first kappa shape index (κ1) is 185. The van der Waals surface area contributed by atoms with Gasteiger partial charge in [0.1, 0.15) is 0 Å². The molecule has 3 rings (SSSR count). The molecular formula is C19H16NY30-. The molecule has 0 unspecified atom stereocenters. The van der Waals surface area contributed by atoms with Crippen molar-refractivity contribution in [1.82, 2.24) is 0 Å². The quantitative estimate of drug-likeness (QED) is 0.327. The first-order valence-corrected chi connectivity index (χ1v) is 6.72. The molecule has 0 aliphatic heterocycles. The van der Waals surface area contributed by atoms with Crippen LogP contribution < -0.4 is 4.90 Å². The Bertz CT molecular complexity index is 666. The molecular weight excluding hydrogens is 2910 g/mol. The van der Waals surface area contributed by atoms with Gasteiger partial charge in [-0.05, 0) is 31.2 Å². The minimum Gasteiger partial charge on any atom is -0.334 e. The van der Waals surface area contributed by atoms with E-state index in [1.165, 1.54) is 5.56 Å². The average molecular weight is 2930 g/mol. The minimum atomic E-state index is 0. The number of nitrogens with zero attached hydrogens (tertiary/aromatic N) is 1. The van der Waals surface area contributed by atoms with Crippen molar-refractivity contribution in [2.45, 2.75) is 6.92 Å². The van der Waals surface area contributed by atoms with Crippen LogP contribution in [0.3, 0.4) is 0 Å². The predicted octanol–water partition coefficient (Wildman–Crippen LogP) is 5.19. The van der Waals surface area contributed by atoms with E-state index in [1.54, 1.807) is 0 Å². The van der Waals surface area contributed by atoms with Crippen LogP contribution >= 0.6 is 0 Å². The minimum absolute atomic E-state index is 0. The Morgan fingerprint density at radius 3 is 0.760 bits per heavy atom. The van der Waals surface area contributed by atoms with Crippen LogP contribution in [0, 0.1) is 13.0 Å². The van der Waals surface area contributed by atoms with Crippen molar-refractivity contribution in [3.8, 4) is 0 Å². The molecule has 3 aromatic carbocycles. The van der Waals surface area contributed by atoms with Crippen molar-refractivity contribution in [2.24, 2.45) is 0 Å². The van der Waals surface area contributed by atoms with E-state index < -0.39 is 0 Å². The molecule has 0 amide bonds. The molecule has 0 heterocycles. The van der Waals surface area contributed by atoms with Crippen LogP contribution in [-0.4, -0.2) is 0 Å². The molecule has 50 heavy (non-hydrogen) atoms. The fourth-order valence-corrected chi connectivity index (χ4v) is 2.25. The van der Waals surface area contributed by atoms with Gasteiger partial charge < -0.3 is 4.90 Å². The fourth-order valence-electron chi connectivity index (χ4n) is 2.25. The van der Waals surface area contributed by atoms with Gasteiger partial charge in [-0.3, -0.25) is 0 Å². The van der Waals surface area contributed by atoms with Crippen LogP contribution in [-0.2, 0) is 981 Å². The predicted molar refractivity (Wildman–Crippen MR) is 84.7 cm³/mol. The summed E-state index contributed by atoms with van der Waals surface area (Å²) in [5.74, 6) is 0. The Morgan fingerprint density at radius 1 is 0.280 bits per heavy atom. The summed E-state index contributed by atoms with van der Waals surface area (Å²) in [5, 5.41) is 0. The van der Waals surface area contributed by atoms with Crippen molar-refractivity contribution in [2.75, 3.05) is 4.90 Å². The van der Waals surface area contributed by atoms with E-state index in [0.29, 0.717) is 0 Å². The largest absolute Gasteiger partial charge is 0.334 e. The molecule has 1 nitrogen and oxygen atoms in total. The topological polar surface area (TPSA) is 3.24 Å². The van der Waals surface area contributed by atoms with Gasteiger partial charge in [0.15, 0.2) is 0 Å². The van der Waals surface area contributed by atoms with Crippen LogP contribution in [0.1, 0.15) is 5.56 Å². The molecule has 0 aromatic heterocycles. The molecule has 0 atom stereocenters. The van der Waals surface area contributed by atoms with Crippen molar-refractivity contribution in [3.05, 3.63) is 90.5 Å². The number of rotatable bonds is 3. The average Bonchev–Trinajstić information content (AvgIpc) is 2.52. The standard InChI is InChI=1S/C19H16N.30Y/c1-16-12-14-19(15-13-16)20(17-8-4-2-5-9-17)18-10-6-3-7-11-18;;;;;;;;;;;;;;;;;;;;;;;;;;;;;;/h2,4-15H,1H3;;;;;;;;;;;;;;;;;;;;;;;;;;;;;;/q-1;;;;;;;;;;;;;;;;;;;;;;;;;;;;;;. The van der Waals surface area contributed by atoms with Crippen molar-refractivity contribution < 1.29 is 981 Å². The van der Waals surface area contributed by atoms with E-state index in [0.717, 1.165) is 17.1 Å². The summed E-state index contributed by atoms with van der Waals surface area (Å²) in [6, 6.07) is 30.1. The molecule has 31 heteroatoms. The molecule has 3 aromatic rings. The maximum atomic E-state index is 3.07.